The summed E-state index contributed by atoms with van der Waals surface area (Å²) in [6.45, 7) is 6.79. The number of aliphatic imine (C=N–C) groups is 1. The summed E-state index contributed by atoms with van der Waals surface area (Å²) in [4.78, 5) is 15.2. The Balaban J connectivity index is 2.55. The first-order chi connectivity index (χ1) is 7.27. The van der Waals surface area contributed by atoms with Crippen LogP contribution in [0.1, 0.15) is 13.3 Å². The van der Waals surface area contributed by atoms with Crippen molar-refractivity contribution in [1.82, 2.24) is 5.32 Å². The predicted molar refractivity (Wildman–Crippen MR) is 59.8 cm³/mol. The molecule has 4 nitrogen and oxygen atoms in total. The summed E-state index contributed by atoms with van der Waals surface area (Å²) in [7, 11) is 0. The highest BCUT2D eigenvalue weighted by Crippen LogP contribution is 2.08. The summed E-state index contributed by atoms with van der Waals surface area (Å²) >= 11 is 0. The fourth-order valence-corrected chi connectivity index (χ4v) is 1.39. The van der Waals surface area contributed by atoms with Crippen LogP contribution in [0.4, 0.5) is 0 Å². The van der Waals surface area contributed by atoms with Gasteiger partial charge in [0.25, 0.3) is 0 Å². The maximum atomic E-state index is 11.6. The van der Waals surface area contributed by atoms with Gasteiger partial charge in [0.05, 0.1) is 5.57 Å². The minimum Gasteiger partial charge on any atom is -0.457 e. The molecule has 0 saturated carbocycles. The highest BCUT2D eigenvalue weighted by Gasteiger charge is 2.19. The third kappa shape index (κ3) is 3.67. The van der Waals surface area contributed by atoms with E-state index >= 15 is 0 Å². The van der Waals surface area contributed by atoms with Crippen molar-refractivity contribution in [1.29, 1.82) is 0 Å². The Morgan fingerprint density at radius 2 is 2.47 bits per heavy atom. The molecule has 0 aromatic rings. The second kappa shape index (κ2) is 6.14. The van der Waals surface area contributed by atoms with Crippen molar-refractivity contribution in [3.63, 3.8) is 0 Å². The lowest BCUT2D eigenvalue weighted by molar-refractivity contribution is -0.142. The molecule has 4 heteroatoms. The van der Waals surface area contributed by atoms with E-state index in [4.69, 9.17) is 4.74 Å². The lowest BCUT2D eigenvalue weighted by Gasteiger charge is -2.10. The Kier molecular flexibility index (Phi) is 4.77. The van der Waals surface area contributed by atoms with Crippen LogP contribution in [0, 0.1) is 0 Å². The molecule has 0 aliphatic carbocycles. The van der Waals surface area contributed by atoms with Crippen molar-refractivity contribution < 1.29 is 9.53 Å². The van der Waals surface area contributed by atoms with Gasteiger partial charge in [-0.3, -0.25) is 4.99 Å². The van der Waals surface area contributed by atoms with Crippen molar-refractivity contribution >= 4 is 12.7 Å². The zero-order valence-electron chi connectivity index (χ0n) is 8.90. The maximum absolute atomic E-state index is 11.6. The first-order valence-corrected chi connectivity index (χ1v) is 4.98. The lowest BCUT2D eigenvalue weighted by atomic mass is 10.2. The minimum absolute atomic E-state index is 0.0176. The van der Waals surface area contributed by atoms with E-state index in [0.717, 1.165) is 19.5 Å². The van der Waals surface area contributed by atoms with E-state index in [1.807, 2.05) is 6.92 Å². The van der Waals surface area contributed by atoms with Gasteiger partial charge in [0.15, 0.2) is 0 Å². The third-order valence-corrected chi connectivity index (χ3v) is 2.10. The number of esters is 1. The van der Waals surface area contributed by atoms with Gasteiger partial charge >= 0.3 is 5.97 Å². The van der Waals surface area contributed by atoms with Crippen molar-refractivity contribution in [2.24, 2.45) is 4.99 Å². The molecule has 1 aliphatic heterocycles. The average Bonchev–Trinajstić information content (AvgIpc) is 2.70. The Labute approximate surface area is 89.7 Å². The summed E-state index contributed by atoms with van der Waals surface area (Å²) in [5.74, 6) is -0.339. The van der Waals surface area contributed by atoms with Crippen LogP contribution < -0.4 is 5.32 Å². The van der Waals surface area contributed by atoms with Gasteiger partial charge < -0.3 is 10.1 Å². The van der Waals surface area contributed by atoms with E-state index in [-0.39, 0.29) is 12.1 Å². The molecule has 0 aromatic carbocycles. The molecule has 0 amide bonds. The van der Waals surface area contributed by atoms with E-state index in [0.29, 0.717) is 5.57 Å². The Morgan fingerprint density at radius 1 is 1.67 bits per heavy atom. The smallest absolute Gasteiger partial charge is 0.340 e. The fraction of sp³-hybridized carbons (Fsp3) is 0.455. The molecule has 0 aromatic heterocycles. The topological polar surface area (TPSA) is 50.7 Å². The summed E-state index contributed by atoms with van der Waals surface area (Å²) in [6.07, 6.45) is 5.70. The number of allylic oxidation sites excluding steroid dienone is 1. The van der Waals surface area contributed by atoms with Gasteiger partial charge in [0.1, 0.15) is 6.10 Å². The van der Waals surface area contributed by atoms with Gasteiger partial charge in [-0.05, 0) is 26.6 Å². The SMILES string of the molecule is C=N/C=C(\C=C/C)C(=O)OC1CCNC1. The van der Waals surface area contributed by atoms with Crippen LogP contribution >= 0.6 is 0 Å². The lowest BCUT2D eigenvalue weighted by Crippen LogP contribution is -2.21. The number of nitrogens with zero attached hydrogens (tertiary/aromatic N) is 1. The Hall–Kier alpha value is -1.42. The second-order valence-electron chi connectivity index (χ2n) is 3.29. The van der Waals surface area contributed by atoms with Crippen LogP contribution in [0.25, 0.3) is 0 Å². The molecule has 1 heterocycles. The van der Waals surface area contributed by atoms with Gasteiger partial charge in [0, 0.05) is 12.7 Å². The van der Waals surface area contributed by atoms with Gasteiger partial charge in [0.2, 0.25) is 0 Å². The summed E-state index contributed by atoms with van der Waals surface area (Å²) < 4.78 is 5.27. The van der Waals surface area contributed by atoms with E-state index in [9.17, 15) is 4.79 Å². The Bertz CT molecular complexity index is 289. The van der Waals surface area contributed by atoms with Crippen molar-refractivity contribution in [3.05, 3.63) is 23.9 Å². The molecule has 82 valence electrons. The van der Waals surface area contributed by atoms with Gasteiger partial charge in [-0.2, -0.15) is 0 Å². The third-order valence-electron chi connectivity index (χ3n) is 2.10. The van der Waals surface area contributed by atoms with Crippen LogP contribution in [-0.4, -0.2) is 31.9 Å². The molecule has 1 unspecified atom stereocenters. The highest BCUT2D eigenvalue weighted by atomic mass is 16.5. The number of hydrogen-bond donors (Lipinski definition) is 1. The second-order valence-corrected chi connectivity index (χ2v) is 3.29. The molecule has 0 bridgehead atoms. The van der Waals surface area contributed by atoms with Gasteiger partial charge in [-0.15, -0.1) is 0 Å². The standard InChI is InChI=1S/C11H16N2O2/c1-3-4-9(7-12-2)11(14)15-10-5-6-13-8-10/h3-4,7,10,13H,2,5-6,8H2,1H3/b4-3-,9-7+. The number of carbonyl (C=O) groups excluding carboxylic acids is 1. The first-order valence-electron chi connectivity index (χ1n) is 4.98. The maximum Gasteiger partial charge on any atom is 0.340 e. The largest absolute Gasteiger partial charge is 0.457 e. The molecule has 1 N–H and O–H groups in total. The first kappa shape index (κ1) is 11.7. The van der Waals surface area contributed by atoms with Crippen LogP contribution in [0.15, 0.2) is 28.9 Å². The zero-order valence-corrected chi connectivity index (χ0v) is 8.90. The molecule has 1 fully saturated rings. The minimum atomic E-state index is -0.339. The summed E-state index contributed by atoms with van der Waals surface area (Å²) in [5, 5.41) is 3.13. The number of hydrogen-bond acceptors (Lipinski definition) is 4. The van der Waals surface area contributed by atoms with Crippen molar-refractivity contribution in [2.75, 3.05) is 13.1 Å². The molecule has 1 saturated heterocycles. The molecule has 1 rings (SSSR count). The molecule has 0 radical (unpaired) electrons. The zero-order chi connectivity index (χ0) is 11.1. The van der Waals surface area contributed by atoms with E-state index in [1.54, 1.807) is 12.2 Å². The summed E-state index contributed by atoms with van der Waals surface area (Å²) in [5.41, 5.74) is 0.430. The van der Waals surface area contributed by atoms with E-state index in [2.05, 4.69) is 17.0 Å². The average molecular weight is 208 g/mol. The number of nitrogens with one attached hydrogen (secondary N) is 1. The van der Waals surface area contributed by atoms with Crippen LogP contribution in [0.5, 0.6) is 0 Å². The normalized spacial score (nSPS) is 21.9. The van der Waals surface area contributed by atoms with Gasteiger partial charge in [-0.1, -0.05) is 12.2 Å². The fourth-order valence-electron chi connectivity index (χ4n) is 1.39. The van der Waals surface area contributed by atoms with Crippen molar-refractivity contribution in [2.45, 2.75) is 19.4 Å². The molecule has 1 atom stereocenters. The molecule has 0 spiro atoms. The van der Waals surface area contributed by atoms with Crippen LogP contribution in [-0.2, 0) is 9.53 Å². The number of rotatable bonds is 4. The number of carbonyl (C=O) groups is 1. The quantitative estimate of drug-likeness (QED) is 0.325. The highest BCUT2D eigenvalue weighted by molar-refractivity contribution is 5.91. The molecular weight excluding hydrogens is 192 g/mol. The predicted octanol–water partition coefficient (Wildman–Crippen LogP) is 1.05. The van der Waals surface area contributed by atoms with Crippen LogP contribution in [0.2, 0.25) is 0 Å². The molecule has 15 heavy (non-hydrogen) atoms. The van der Waals surface area contributed by atoms with Crippen LogP contribution in [0.3, 0.4) is 0 Å². The molecular formula is C11H16N2O2. The summed E-state index contributed by atoms with van der Waals surface area (Å²) in [6, 6.07) is 0. The Morgan fingerprint density at radius 3 is 3.00 bits per heavy atom. The van der Waals surface area contributed by atoms with Gasteiger partial charge in [-0.25, -0.2) is 4.79 Å². The molecule has 1 aliphatic rings. The van der Waals surface area contributed by atoms with E-state index in [1.165, 1.54) is 6.20 Å². The van der Waals surface area contributed by atoms with Crippen molar-refractivity contribution in [3.8, 4) is 0 Å². The monoisotopic (exact) mass is 208 g/mol. The van der Waals surface area contributed by atoms with E-state index < -0.39 is 0 Å². The number of ether oxygens (including phenoxy) is 1.